The first-order valence-corrected chi connectivity index (χ1v) is 11.8. The van der Waals surface area contributed by atoms with Crippen molar-refractivity contribution in [2.24, 2.45) is 0 Å². The van der Waals surface area contributed by atoms with Gasteiger partial charge in [0.2, 0.25) is 10.0 Å². The predicted molar refractivity (Wildman–Crippen MR) is 116 cm³/mol. The van der Waals surface area contributed by atoms with E-state index in [0.29, 0.717) is 13.1 Å². The van der Waals surface area contributed by atoms with E-state index < -0.39 is 16.0 Å². The van der Waals surface area contributed by atoms with Crippen LogP contribution >= 0.6 is 0 Å². The number of nitrogens with zero attached hydrogens (tertiary/aromatic N) is 3. The fraction of sp³-hybridized carbons (Fsp3) is 0.304. The highest BCUT2D eigenvalue weighted by molar-refractivity contribution is 7.89. The van der Waals surface area contributed by atoms with Gasteiger partial charge in [0.25, 0.3) is 0 Å². The second-order valence-corrected chi connectivity index (χ2v) is 9.49. The van der Waals surface area contributed by atoms with Crippen LogP contribution in [0.3, 0.4) is 0 Å². The lowest BCUT2D eigenvalue weighted by Gasteiger charge is -2.20. The van der Waals surface area contributed by atoms with Crippen LogP contribution < -0.4 is 0 Å². The van der Waals surface area contributed by atoms with Gasteiger partial charge in [-0.25, -0.2) is 17.9 Å². The summed E-state index contributed by atoms with van der Waals surface area (Å²) in [5.74, 6) is -0.569. The quantitative estimate of drug-likeness (QED) is 0.546. The molecule has 1 aliphatic heterocycles. The van der Waals surface area contributed by atoms with Gasteiger partial charge >= 0.3 is 5.97 Å². The first-order valence-electron chi connectivity index (χ1n) is 10.4. The van der Waals surface area contributed by atoms with Crippen molar-refractivity contribution in [1.29, 1.82) is 0 Å². The van der Waals surface area contributed by atoms with Gasteiger partial charge < -0.3 is 4.74 Å². The summed E-state index contributed by atoms with van der Waals surface area (Å²) in [4.78, 5) is 12.7. The molecule has 2 heterocycles. The molecule has 3 aromatic rings. The van der Waals surface area contributed by atoms with E-state index in [0.717, 1.165) is 36.9 Å². The van der Waals surface area contributed by atoms with Crippen LogP contribution in [0.15, 0.2) is 71.9 Å². The molecule has 0 amide bonds. The van der Waals surface area contributed by atoms with E-state index in [9.17, 15) is 13.2 Å². The minimum absolute atomic E-state index is 0.0504. The maximum atomic E-state index is 13.0. The van der Waals surface area contributed by atoms with Crippen molar-refractivity contribution in [2.75, 3.05) is 13.1 Å². The van der Waals surface area contributed by atoms with Crippen molar-refractivity contribution in [3.8, 4) is 5.69 Å². The van der Waals surface area contributed by atoms with E-state index in [2.05, 4.69) is 5.10 Å². The van der Waals surface area contributed by atoms with Crippen LogP contribution in [0, 0.1) is 0 Å². The lowest BCUT2D eigenvalue weighted by atomic mass is 10.2. The first kappa shape index (κ1) is 21.3. The summed E-state index contributed by atoms with van der Waals surface area (Å²) in [5.41, 5.74) is 1.86. The third-order valence-corrected chi connectivity index (χ3v) is 7.19. The molecule has 8 heteroatoms. The van der Waals surface area contributed by atoms with Gasteiger partial charge in [0.05, 0.1) is 22.3 Å². The number of carbonyl (C=O) groups is 1. The summed E-state index contributed by atoms with van der Waals surface area (Å²) in [5, 5.41) is 4.28. The highest BCUT2D eigenvalue weighted by atomic mass is 32.2. The van der Waals surface area contributed by atoms with Crippen LogP contribution in [0.5, 0.6) is 0 Å². The molecule has 7 nitrogen and oxygen atoms in total. The van der Waals surface area contributed by atoms with Gasteiger partial charge in [-0.1, -0.05) is 37.1 Å². The molecule has 0 radical (unpaired) electrons. The summed E-state index contributed by atoms with van der Waals surface area (Å²) in [6.45, 7) is 1.08. The number of carbonyl (C=O) groups excluding carboxylic acids is 1. The Morgan fingerprint density at radius 2 is 1.71 bits per heavy atom. The number of hydrogen-bond acceptors (Lipinski definition) is 5. The monoisotopic (exact) mass is 439 g/mol. The van der Waals surface area contributed by atoms with Crippen molar-refractivity contribution in [1.82, 2.24) is 14.1 Å². The maximum Gasteiger partial charge on any atom is 0.338 e. The molecule has 0 saturated carbocycles. The predicted octanol–water partition coefficient (Wildman–Crippen LogP) is 3.79. The van der Waals surface area contributed by atoms with Gasteiger partial charge in [0, 0.05) is 24.8 Å². The van der Waals surface area contributed by atoms with Crippen molar-refractivity contribution >= 4 is 16.0 Å². The normalized spacial score (nSPS) is 15.4. The van der Waals surface area contributed by atoms with Crippen molar-refractivity contribution < 1.29 is 17.9 Å². The molecule has 4 rings (SSSR count). The number of ether oxygens (including phenoxy) is 1. The van der Waals surface area contributed by atoms with Gasteiger partial charge in [-0.05, 0) is 43.2 Å². The molecule has 1 aromatic heterocycles. The van der Waals surface area contributed by atoms with Crippen molar-refractivity contribution in [3.63, 3.8) is 0 Å². The Hall–Kier alpha value is -2.97. The Morgan fingerprint density at radius 3 is 2.45 bits per heavy atom. The molecule has 31 heavy (non-hydrogen) atoms. The lowest BCUT2D eigenvalue weighted by Crippen LogP contribution is -2.32. The number of para-hydroxylation sites is 1. The second-order valence-electron chi connectivity index (χ2n) is 7.55. The Labute approximate surface area is 182 Å². The van der Waals surface area contributed by atoms with Crippen molar-refractivity contribution in [3.05, 3.63) is 78.1 Å². The Bertz CT molecular complexity index is 1130. The maximum absolute atomic E-state index is 13.0. The third kappa shape index (κ3) is 5.03. The Kier molecular flexibility index (Phi) is 6.48. The Morgan fingerprint density at radius 1 is 0.968 bits per heavy atom. The largest absolute Gasteiger partial charge is 0.457 e. The van der Waals surface area contributed by atoms with E-state index >= 15 is 0 Å². The molecule has 1 fully saturated rings. The van der Waals surface area contributed by atoms with Crippen LogP contribution in [-0.4, -0.2) is 41.6 Å². The minimum atomic E-state index is -3.62. The van der Waals surface area contributed by atoms with Gasteiger partial charge in [-0.3, -0.25) is 0 Å². The van der Waals surface area contributed by atoms with Crippen LogP contribution in [0.25, 0.3) is 5.69 Å². The standard InChI is InChI=1S/C23H25N3O4S/c27-23(30-18-19-16-24-26(17-19)21-10-4-3-5-11-21)20-9-8-12-22(15-20)31(28,29)25-13-6-1-2-7-14-25/h3-5,8-12,15-17H,1-2,6-7,13-14,18H2. The number of esters is 1. The van der Waals surface area contributed by atoms with Crippen LogP contribution in [0.2, 0.25) is 0 Å². The highest BCUT2D eigenvalue weighted by Crippen LogP contribution is 2.21. The molecular formula is C23H25N3O4S. The number of aromatic nitrogens is 2. The van der Waals surface area contributed by atoms with Gasteiger partial charge in [0.1, 0.15) is 6.61 Å². The average molecular weight is 440 g/mol. The van der Waals surface area contributed by atoms with Gasteiger partial charge in [-0.15, -0.1) is 0 Å². The zero-order valence-corrected chi connectivity index (χ0v) is 18.0. The topological polar surface area (TPSA) is 81.5 Å². The number of sulfonamides is 1. The average Bonchev–Trinajstić information content (AvgIpc) is 3.10. The number of hydrogen-bond donors (Lipinski definition) is 0. The minimum Gasteiger partial charge on any atom is -0.457 e. The van der Waals surface area contributed by atoms with Crippen molar-refractivity contribution in [2.45, 2.75) is 37.2 Å². The molecule has 0 spiro atoms. The molecule has 0 unspecified atom stereocenters. The van der Waals surface area contributed by atoms with E-state index in [4.69, 9.17) is 4.74 Å². The molecule has 0 N–H and O–H groups in total. The summed E-state index contributed by atoms with van der Waals surface area (Å²) in [6, 6.07) is 15.7. The molecule has 2 aromatic carbocycles. The summed E-state index contributed by atoms with van der Waals surface area (Å²) in [6.07, 6.45) is 7.23. The first-order chi connectivity index (χ1) is 15.0. The summed E-state index contributed by atoms with van der Waals surface area (Å²) >= 11 is 0. The van der Waals surface area contributed by atoms with Crippen LogP contribution in [0.4, 0.5) is 0 Å². The second kappa shape index (κ2) is 9.45. The number of benzene rings is 2. The SMILES string of the molecule is O=C(OCc1cnn(-c2ccccc2)c1)c1cccc(S(=O)(=O)N2CCCCCC2)c1. The van der Waals surface area contributed by atoms with E-state index in [-0.39, 0.29) is 17.1 Å². The van der Waals surface area contributed by atoms with E-state index in [1.807, 2.05) is 30.3 Å². The molecular weight excluding hydrogens is 414 g/mol. The number of rotatable bonds is 6. The third-order valence-electron chi connectivity index (χ3n) is 5.30. The zero-order valence-electron chi connectivity index (χ0n) is 17.2. The van der Waals surface area contributed by atoms with Gasteiger partial charge in [-0.2, -0.15) is 9.40 Å². The fourth-order valence-corrected chi connectivity index (χ4v) is 5.17. The van der Waals surface area contributed by atoms with E-state index in [1.54, 1.807) is 29.2 Å². The molecule has 0 aliphatic carbocycles. The summed E-state index contributed by atoms with van der Waals surface area (Å²) < 4.78 is 34.6. The fourth-order valence-electron chi connectivity index (χ4n) is 3.60. The van der Waals surface area contributed by atoms with Crippen LogP contribution in [0.1, 0.15) is 41.6 Å². The molecule has 0 atom stereocenters. The lowest BCUT2D eigenvalue weighted by molar-refractivity contribution is 0.0472. The summed E-state index contributed by atoms with van der Waals surface area (Å²) in [7, 11) is -3.62. The van der Waals surface area contributed by atoms with Gasteiger partial charge in [0.15, 0.2) is 0 Å². The van der Waals surface area contributed by atoms with Crippen LogP contribution in [-0.2, 0) is 21.4 Å². The smallest absolute Gasteiger partial charge is 0.338 e. The molecule has 1 aliphatic rings. The molecule has 1 saturated heterocycles. The van der Waals surface area contributed by atoms with E-state index in [1.165, 1.54) is 16.4 Å². The highest BCUT2D eigenvalue weighted by Gasteiger charge is 2.26. The molecule has 0 bridgehead atoms. The molecule has 162 valence electrons. The Balaban J connectivity index is 1.43. The zero-order chi connectivity index (χ0) is 21.7.